The van der Waals surface area contributed by atoms with E-state index in [0.29, 0.717) is 0 Å². The van der Waals surface area contributed by atoms with Crippen LogP contribution in [0.3, 0.4) is 0 Å². The third kappa shape index (κ3) is 5.65. The molecule has 1 aliphatic carbocycles. The summed E-state index contributed by atoms with van der Waals surface area (Å²) in [4.78, 5) is 2.43. The minimum absolute atomic E-state index is 0.495. The molecule has 9 aromatic rings. The smallest absolute Gasteiger partial charge is 0.0714 e. The Hall–Kier alpha value is -7.22. The van der Waals surface area contributed by atoms with Crippen molar-refractivity contribution in [3.05, 3.63) is 259 Å². The van der Waals surface area contributed by atoms with Gasteiger partial charge in [0.1, 0.15) is 0 Å². The maximum absolute atomic E-state index is 2.43. The summed E-state index contributed by atoms with van der Waals surface area (Å²) in [5.74, 6) is 0. The number of anilines is 3. The van der Waals surface area contributed by atoms with E-state index in [-0.39, 0.29) is 0 Å². The van der Waals surface area contributed by atoms with Gasteiger partial charge in [-0.3, -0.25) is 0 Å². The molecule has 264 valence electrons. The van der Waals surface area contributed by atoms with Crippen LogP contribution in [-0.4, -0.2) is 0 Å². The highest BCUT2D eigenvalue weighted by Crippen LogP contribution is 2.56. The number of fused-ring (bicyclic) bond motifs is 3. The van der Waals surface area contributed by atoms with Crippen LogP contribution < -0.4 is 4.90 Å². The van der Waals surface area contributed by atoms with Crippen LogP contribution in [0.25, 0.3) is 44.5 Å². The number of rotatable bonds is 8. The molecule has 0 aliphatic heterocycles. The van der Waals surface area contributed by atoms with Gasteiger partial charge in [-0.1, -0.05) is 206 Å². The van der Waals surface area contributed by atoms with E-state index in [1.165, 1.54) is 66.8 Å². The summed E-state index contributed by atoms with van der Waals surface area (Å²) in [6, 6.07) is 86.1. The number of hydrogen-bond acceptors (Lipinski definition) is 1. The highest BCUT2D eigenvalue weighted by Gasteiger charge is 2.46. The Labute approximate surface area is 329 Å². The monoisotopic (exact) mass is 713 g/mol. The van der Waals surface area contributed by atoms with Crippen molar-refractivity contribution in [2.45, 2.75) is 5.41 Å². The van der Waals surface area contributed by atoms with Gasteiger partial charge in [0.05, 0.1) is 11.1 Å². The second-order valence-electron chi connectivity index (χ2n) is 14.5. The first kappa shape index (κ1) is 33.4. The van der Waals surface area contributed by atoms with Gasteiger partial charge in [-0.2, -0.15) is 0 Å². The van der Waals surface area contributed by atoms with Gasteiger partial charge in [-0.05, 0) is 91.5 Å². The van der Waals surface area contributed by atoms with Gasteiger partial charge in [0.25, 0.3) is 0 Å². The predicted octanol–water partition coefficient (Wildman–Crippen LogP) is 14.5. The molecule has 0 saturated carbocycles. The van der Waals surface area contributed by atoms with Crippen LogP contribution in [-0.2, 0) is 5.41 Å². The molecule has 0 heterocycles. The van der Waals surface area contributed by atoms with Crippen molar-refractivity contribution in [1.29, 1.82) is 0 Å². The van der Waals surface area contributed by atoms with Crippen LogP contribution in [0.2, 0.25) is 0 Å². The normalized spacial score (nSPS) is 12.4. The molecular weight excluding hydrogens is 675 g/mol. The lowest BCUT2D eigenvalue weighted by Gasteiger charge is -2.35. The standard InChI is InChI=1S/C55H39N/c1-4-17-40(18-5-1)41-31-33-42(34-32-41)43-35-37-47(38-36-43)56(54-30-15-12-25-49(54)44-19-6-2-7-20-44)48-24-16-23-46(39-48)55(45-21-8-3-9-22-45)52-28-13-10-26-50(52)51-27-11-14-29-53(51)55/h1-39H. The van der Waals surface area contributed by atoms with Crippen molar-refractivity contribution in [2.24, 2.45) is 0 Å². The Balaban J connectivity index is 1.15. The first-order valence-electron chi connectivity index (χ1n) is 19.3. The molecule has 0 aromatic heterocycles. The SMILES string of the molecule is c1ccc(-c2ccc(-c3ccc(N(c4cccc(C5(c6ccccc6)c6ccccc6-c6ccccc65)c4)c4ccccc4-c4ccccc4)cc3)cc2)cc1. The minimum atomic E-state index is -0.495. The maximum atomic E-state index is 2.43. The van der Waals surface area contributed by atoms with E-state index in [1.807, 2.05) is 0 Å². The van der Waals surface area contributed by atoms with Crippen molar-refractivity contribution in [1.82, 2.24) is 0 Å². The summed E-state index contributed by atoms with van der Waals surface area (Å²) in [6.45, 7) is 0. The zero-order chi connectivity index (χ0) is 37.3. The third-order valence-electron chi connectivity index (χ3n) is 11.4. The van der Waals surface area contributed by atoms with Crippen LogP contribution in [0.4, 0.5) is 17.1 Å². The van der Waals surface area contributed by atoms with Crippen molar-refractivity contribution in [2.75, 3.05) is 4.90 Å². The Morgan fingerprint density at radius 3 is 1.29 bits per heavy atom. The molecule has 0 atom stereocenters. The molecule has 10 rings (SSSR count). The molecule has 0 N–H and O–H groups in total. The van der Waals surface area contributed by atoms with Gasteiger partial charge in [0.2, 0.25) is 0 Å². The van der Waals surface area contributed by atoms with E-state index in [2.05, 4.69) is 241 Å². The zero-order valence-electron chi connectivity index (χ0n) is 31.0. The Morgan fingerprint density at radius 2 is 0.696 bits per heavy atom. The second-order valence-corrected chi connectivity index (χ2v) is 14.5. The fourth-order valence-corrected chi connectivity index (χ4v) is 8.84. The molecule has 1 heteroatoms. The molecule has 0 bridgehead atoms. The molecule has 0 spiro atoms. The average molecular weight is 714 g/mol. The first-order chi connectivity index (χ1) is 27.8. The average Bonchev–Trinajstić information content (AvgIpc) is 3.59. The van der Waals surface area contributed by atoms with Gasteiger partial charge in [-0.25, -0.2) is 0 Å². The maximum Gasteiger partial charge on any atom is 0.0714 e. The Bertz CT molecular complexity index is 2720. The number of benzene rings is 9. The molecule has 1 aliphatic rings. The lowest BCUT2D eigenvalue weighted by molar-refractivity contribution is 0.768. The van der Waals surface area contributed by atoms with E-state index < -0.39 is 5.41 Å². The number of nitrogens with zero attached hydrogens (tertiary/aromatic N) is 1. The van der Waals surface area contributed by atoms with Gasteiger partial charge in [0, 0.05) is 16.9 Å². The first-order valence-corrected chi connectivity index (χ1v) is 19.3. The van der Waals surface area contributed by atoms with Gasteiger partial charge in [0.15, 0.2) is 0 Å². The molecule has 56 heavy (non-hydrogen) atoms. The van der Waals surface area contributed by atoms with Crippen LogP contribution in [0.1, 0.15) is 22.3 Å². The van der Waals surface area contributed by atoms with E-state index in [9.17, 15) is 0 Å². The van der Waals surface area contributed by atoms with Crippen LogP contribution in [0.5, 0.6) is 0 Å². The molecule has 1 nitrogen and oxygen atoms in total. The predicted molar refractivity (Wildman–Crippen MR) is 235 cm³/mol. The number of hydrogen-bond donors (Lipinski definition) is 0. The van der Waals surface area contributed by atoms with Crippen molar-refractivity contribution in [3.63, 3.8) is 0 Å². The highest BCUT2D eigenvalue weighted by molar-refractivity contribution is 5.90. The lowest BCUT2D eigenvalue weighted by atomic mass is 9.67. The van der Waals surface area contributed by atoms with Crippen LogP contribution in [0.15, 0.2) is 237 Å². The Morgan fingerprint density at radius 1 is 0.268 bits per heavy atom. The van der Waals surface area contributed by atoms with Crippen molar-refractivity contribution >= 4 is 17.1 Å². The van der Waals surface area contributed by atoms with Crippen molar-refractivity contribution in [3.8, 4) is 44.5 Å². The zero-order valence-corrected chi connectivity index (χ0v) is 31.0. The Kier molecular flexibility index (Phi) is 8.46. The van der Waals surface area contributed by atoms with E-state index in [0.717, 1.165) is 17.1 Å². The van der Waals surface area contributed by atoms with E-state index >= 15 is 0 Å². The third-order valence-corrected chi connectivity index (χ3v) is 11.4. The topological polar surface area (TPSA) is 3.24 Å². The van der Waals surface area contributed by atoms with Crippen LogP contribution in [0, 0.1) is 0 Å². The second kappa shape index (κ2) is 14.2. The molecule has 0 amide bonds. The summed E-state index contributed by atoms with van der Waals surface area (Å²) in [5.41, 5.74) is 17.7. The van der Waals surface area contributed by atoms with E-state index in [1.54, 1.807) is 0 Å². The summed E-state index contributed by atoms with van der Waals surface area (Å²) in [7, 11) is 0. The quantitative estimate of drug-likeness (QED) is 0.152. The molecule has 0 unspecified atom stereocenters. The summed E-state index contributed by atoms with van der Waals surface area (Å²) >= 11 is 0. The summed E-state index contributed by atoms with van der Waals surface area (Å²) < 4.78 is 0. The van der Waals surface area contributed by atoms with Crippen molar-refractivity contribution < 1.29 is 0 Å². The molecule has 0 fully saturated rings. The minimum Gasteiger partial charge on any atom is -0.310 e. The number of para-hydroxylation sites is 1. The van der Waals surface area contributed by atoms with E-state index in [4.69, 9.17) is 0 Å². The van der Waals surface area contributed by atoms with Gasteiger partial charge < -0.3 is 4.90 Å². The molecular formula is C55H39N. The molecule has 0 saturated heterocycles. The van der Waals surface area contributed by atoms with Crippen LogP contribution >= 0.6 is 0 Å². The largest absolute Gasteiger partial charge is 0.310 e. The fraction of sp³-hybridized carbons (Fsp3) is 0.0182. The highest BCUT2D eigenvalue weighted by atomic mass is 15.1. The molecule has 9 aromatic carbocycles. The van der Waals surface area contributed by atoms with Gasteiger partial charge in [-0.15, -0.1) is 0 Å². The fourth-order valence-electron chi connectivity index (χ4n) is 8.84. The van der Waals surface area contributed by atoms with Gasteiger partial charge >= 0.3 is 0 Å². The summed E-state index contributed by atoms with van der Waals surface area (Å²) in [5, 5.41) is 0. The summed E-state index contributed by atoms with van der Waals surface area (Å²) in [6.07, 6.45) is 0. The molecule has 0 radical (unpaired) electrons. The lowest BCUT2D eigenvalue weighted by Crippen LogP contribution is -2.28.